The first-order valence-electron chi connectivity index (χ1n) is 7.85. The van der Waals surface area contributed by atoms with E-state index in [1.54, 1.807) is 0 Å². The molecule has 0 aliphatic rings. The van der Waals surface area contributed by atoms with Crippen LogP contribution in [0.25, 0.3) is 10.2 Å². The molecule has 2 N–H and O–H groups in total. The van der Waals surface area contributed by atoms with Crippen LogP contribution in [0.3, 0.4) is 0 Å². The molecule has 28 heavy (non-hydrogen) atoms. The number of esters is 1. The van der Waals surface area contributed by atoms with Crippen LogP contribution < -0.4 is 10.6 Å². The molecule has 0 aliphatic heterocycles. The second-order valence-electron chi connectivity index (χ2n) is 5.25. The lowest BCUT2D eigenvalue weighted by Gasteiger charge is -2.08. The number of benzene rings is 1. The maximum Gasteiger partial charge on any atom is 0.326 e. The summed E-state index contributed by atoms with van der Waals surface area (Å²) in [7, 11) is 0. The second kappa shape index (κ2) is 9.24. The van der Waals surface area contributed by atoms with Gasteiger partial charge in [-0.1, -0.05) is 23.9 Å². The van der Waals surface area contributed by atoms with Crippen molar-refractivity contribution in [2.75, 3.05) is 17.7 Å². The highest BCUT2D eigenvalue weighted by atomic mass is 32.2. The van der Waals surface area contributed by atoms with Gasteiger partial charge in [-0.25, -0.2) is 19.2 Å². The smallest absolute Gasteiger partial charge is 0.326 e. The molecule has 2 aromatic heterocycles. The summed E-state index contributed by atoms with van der Waals surface area (Å²) in [5.74, 6) is -2.18. The number of nitrogens with one attached hydrogen (secondary N) is 2. The molecule has 3 aromatic rings. The Morgan fingerprint density at radius 1 is 1.18 bits per heavy atom. The topological polar surface area (TPSA) is 110 Å². The molecule has 1 aromatic carbocycles. The number of urea groups is 1. The number of aromatic nitrogens is 2. The molecule has 0 fully saturated rings. The number of anilines is 1. The van der Waals surface area contributed by atoms with Crippen LogP contribution in [0.5, 0.6) is 0 Å². The number of fused-ring (bicyclic) bond motifs is 1. The van der Waals surface area contributed by atoms with Crippen molar-refractivity contribution in [1.29, 1.82) is 0 Å². The highest BCUT2D eigenvalue weighted by Crippen LogP contribution is 2.27. The highest BCUT2D eigenvalue weighted by molar-refractivity contribution is 8.00. The Labute approximate surface area is 166 Å². The minimum atomic E-state index is -0.929. The normalized spacial score (nSPS) is 10.5. The molecule has 3 amide bonds. The summed E-state index contributed by atoms with van der Waals surface area (Å²) in [5, 5.41) is 7.48. The van der Waals surface area contributed by atoms with E-state index < -0.39 is 30.3 Å². The minimum absolute atomic E-state index is 0.0589. The van der Waals surface area contributed by atoms with Crippen LogP contribution in [-0.2, 0) is 14.3 Å². The first kappa shape index (κ1) is 19.7. The number of hydrogen-bond acceptors (Lipinski definition) is 8. The van der Waals surface area contributed by atoms with Crippen molar-refractivity contribution in [3.8, 4) is 0 Å². The third kappa shape index (κ3) is 5.24. The van der Waals surface area contributed by atoms with Crippen molar-refractivity contribution in [3.05, 3.63) is 47.9 Å². The molecule has 11 heteroatoms. The number of thioether (sulfide) groups is 1. The van der Waals surface area contributed by atoms with E-state index >= 15 is 0 Å². The average molecular weight is 420 g/mol. The largest absolute Gasteiger partial charge is 0.455 e. The van der Waals surface area contributed by atoms with Gasteiger partial charge in [-0.15, -0.1) is 11.3 Å². The van der Waals surface area contributed by atoms with Crippen molar-refractivity contribution in [3.63, 3.8) is 0 Å². The molecule has 3 rings (SSSR count). The lowest BCUT2D eigenvalue weighted by Crippen LogP contribution is -2.37. The number of nitrogens with zero attached hydrogens (tertiary/aromatic N) is 2. The zero-order valence-corrected chi connectivity index (χ0v) is 15.8. The Morgan fingerprint density at radius 2 is 2.00 bits per heavy atom. The van der Waals surface area contributed by atoms with Crippen molar-refractivity contribution < 1.29 is 23.5 Å². The third-order valence-electron chi connectivity index (χ3n) is 3.29. The number of thiophene rings is 1. The van der Waals surface area contributed by atoms with E-state index in [0.717, 1.165) is 22.0 Å². The second-order valence-corrected chi connectivity index (χ2v) is 7.11. The van der Waals surface area contributed by atoms with Crippen molar-refractivity contribution >= 4 is 56.9 Å². The monoisotopic (exact) mass is 420 g/mol. The Bertz CT molecular complexity index is 1030. The van der Waals surface area contributed by atoms with Crippen LogP contribution in [0.4, 0.5) is 14.9 Å². The van der Waals surface area contributed by atoms with Gasteiger partial charge in [-0.2, -0.15) is 0 Å². The van der Waals surface area contributed by atoms with Gasteiger partial charge in [0.2, 0.25) is 0 Å². The Kier molecular flexibility index (Phi) is 6.50. The molecule has 0 bridgehead atoms. The Morgan fingerprint density at radius 3 is 2.82 bits per heavy atom. The van der Waals surface area contributed by atoms with Crippen molar-refractivity contribution in [1.82, 2.24) is 15.3 Å². The molecule has 0 spiro atoms. The summed E-state index contributed by atoms with van der Waals surface area (Å²) in [6, 6.07) is 6.43. The van der Waals surface area contributed by atoms with E-state index in [-0.39, 0.29) is 11.4 Å². The zero-order valence-electron chi connectivity index (χ0n) is 14.2. The van der Waals surface area contributed by atoms with Crippen LogP contribution in [0.2, 0.25) is 0 Å². The molecular formula is C17H13FN4O4S2. The number of carbonyl (C=O) groups is 3. The average Bonchev–Trinajstić information content (AvgIpc) is 3.16. The van der Waals surface area contributed by atoms with E-state index in [1.807, 2.05) is 16.8 Å². The summed E-state index contributed by atoms with van der Waals surface area (Å²) in [6.45, 7) is -0.637. The number of amides is 3. The predicted octanol–water partition coefficient (Wildman–Crippen LogP) is 2.81. The molecular weight excluding hydrogens is 407 g/mol. The first-order valence-corrected chi connectivity index (χ1v) is 9.71. The highest BCUT2D eigenvalue weighted by Gasteiger charge is 2.14. The molecule has 0 saturated carbocycles. The fourth-order valence-electron chi connectivity index (χ4n) is 2.08. The fourth-order valence-corrected chi connectivity index (χ4v) is 3.65. The van der Waals surface area contributed by atoms with Gasteiger partial charge in [0.15, 0.2) is 6.61 Å². The van der Waals surface area contributed by atoms with Gasteiger partial charge in [-0.3, -0.25) is 14.9 Å². The van der Waals surface area contributed by atoms with Gasteiger partial charge >= 0.3 is 12.0 Å². The minimum Gasteiger partial charge on any atom is -0.455 e. The lowest BCUT2D eigenvalue weighted by molar-refractivity contribution is -0.145. The predicted molar refractivity (Wildman–Crippen MR) is 103 cm³/mol. The van der Waals surface area contributed by atoms with Gasteiger partial charge < -0.3 is 10.1 Å². The molecule has 0 atom stereocenters. The molecule has 0 saturated heterocycles. The standard InChI is InChI=1S/C17H13FN4O4S2/c18-11-3-1-2-4-12(11)21-17(25)22-13(23)7-26-14(24)8-28-16-10-5-6-27-15(10)19-9-20-16/h1-6,9H,7-8H2,(H2,21,22,23,25). The van der Waals surface area contributed by atoms with E-state index in [1.165, 1.54) is 41.9 Å². The van der Waals surface area contributed by atoms with Gasteiger partial charge in [-0.05, 0) is 23.6 Å². The van der Waals surface area contributed by atoms with Crippen LogP contribution in [-0.4, -0.2) is 40.2 Å². The number of ether oxygens (including phenoxy) is 1. The maximum atomic E-state index is 13.4. The van der Waals surface area contributed by atoms with Gasteiger partial charge in [0.25, 0.3) is 5.91 Å². The maximum absolute atomic E-state index is 13.4. The van der Waals surface area contributed by atoms with Crippen LogP contribution in [0.1, 0.15) is 0 Å². The SMILES string of the molecule is O=C(COC(=O)CSc1ncnc2sccc12)NC(=O)Nc1ccccc1F. The number of hydrogen-bond donors (Lipinski definition) is 2. The molecule has 0 radical (unpaired) electrons. The fraction of sp³-hybridized carbons (Fsp3) is 0.118. The molecule has 8 nitrogen and oxygen atoms in total. The summed E-state index contributed by atoms with van der Waals surface area (Å²) in [6.07, 6.45) is 1.41. The van der Waals surface area contributed by atoms with Gasteiger partial charge in [0.1, 0.15) is 22.0 Å². The summed E-state index contributed by atoms with van der Waals surface area (Å²) < 4.78 is 18.3. The van der Waals surface area contributed by atoms with Crippen LogP contribution in [0, 0.1) is 5.82 Å². The number of carbonyl (C=O) groups excluding carboxylic acids is 3. The summed E-state index contributed by atoms with van der Waals surface area (Å²) in [5.41, 5.74) is -0.0780. The number of imide groups is 1. The Balaban J connectivity index is 1.41. The number of para-hydroxylation sites is 1. The summed E-state index contributed by atoms with van der Waals surface area (Å²) in [4.78, 5) is 44.2. The molecule has 2 heterocycles. The molecule has 0 aliphatic carbocycles. The van der Waals surface area contributed by atoms with Crippen molar-refractivity contribution in [2.24, 2.45) is 0 Å². The van der Waals surface area contributed by atoms with Gasteiger partial charge in [0.05, 0.1) is 11.4 Å². The van der Waals surface area contributed by atoms with E-state index in [4.69, 9.17) is 4.74 Å². The lowest BCUT2D eigenvalue weighted by atomic mass is 10.3. The first-order chi connectivity index (χ1) is 13.5. The van der Waals surface area contributed by atoms with E-state index in [9.17, 15) is 18.8 Å². The number of halogens is 1. The van der Waals surface area contributed by atoms with Crippen LogP contribution >= 0.6 is 23.1 Å². The Hall–Kier alpha value is -3.05. The summed E-state index contributed by atoms with van der Waals surface area (Å²) >= 11 is 2.62. The molecule has 144 valence electrons. The number of rotatable bonds is 6. The molecule has 0 unspecified atom stereocenters. The van der Waals surface area contributed by atoms with E-state index in [2.05, 4.69) is 15.3 Å². The third-order valence-corrected chi connectivity index (χ3v) is 5.09. The van der Waals surface area contributed by atoms with Crippen molar-refractivity contribution in [2.45, 2.75) is 5.03 Å². The van der Waals surface area contributed by atoms with E-state index in [0.29, 0.717) is 5.03 Å². The quantitative estimate of drug-likeness (QED) is 0.358. The van der Waals surface area contributed by atoms with Gasteiger partial charge in [0, 0.05) is 5.39 Å². The van der Waals surface area contributed by atoms with Crippen LogP contribution in [0.15, 0.2) is 47.1 Å². The zero-order chi connectivity index (χ0) is 19.9.